The summed E-state index contributed by atoms with van der Waals surface area (Å²) in [6, 6.07) is -0.00424. The highest BCUT2D eigenvalue weighted by atomic mass is 16.6. The van der Waals surface area contributed by atoms with Gasteiger partial charge in [-0.3, -0.25) is 10.1 Å². The van der Waals surface area contributed by atoms with E-state index in [1.165, 1.54) is 6.33 Å². The molecular formula is C10H16N6O3. The lowest BCUT2D eigenvalue weighted by atomic mass is 10.2. The Kier molecular flexibility index (Phi) is 3.76. The van der Waals surface area contributed by atoms with Crippen LogP contribution >= 0.6 is 0 Å². The number of nitrogens with zero attached hydrogens (tertiary/aromatic N) is 4. The number of ether oxygens (including phenoxy) is 1. The number of hydrogen-bond donors (Lipinski definition) is 2. The summed E-state index contributed by atoms with van der Waals surface area (Å²) in [4.78, 5) is 20.3. The maximum Gasteiger partial charge on any atom is 0.354 e. The Balaban J connectivity index is 2.46. The Bertz CT molecular complexity index is 482. The van der Waals surface area contributed by atoms with Crippen molar-refractivity contribution in [3.63, 3.8) is 0 Å². The Morgan fingerprint density at radius 3 is 2.95 bits per heavy atom. The fourth-order valence-corrected chi connectivity index (χ4v) is 2.05. The number of nitrogens with one attached hydrogen (secondary N) is 1. The largest absolute Gasteiger partial charge is 0.375 e. The molecule has 3 N–H and O–H groups in total. The first-order chi connectivity index (χ1) is 9.04. The minimum atomic E-state index is -0.530. The molecule has 0 amide bonds. The fraction of sp³-hybridized carbons (Fsp3) is 0.600. The molecule has 2 unspecified atom stereocenters. The molecule has 0 aliphatic carbocycles. The number of nitrogens with two attached hydrogens (primary N) is 1. The summed E-state index contributed by atoms with van der Waals surface area (Å²) in [6.07, 6.45) is 1.24. The van der Waals surface area contributed by atoms with E-state index in [-0.39, 0.29) is 29.5 Å². The monoisotopic (exact) mass is 268 g/mol. The van der Waals surface area contributed by atoms with Crippen LogP contribution in [-0.2, 0) is 4.74 Å². The van der Waals surface area contributed by atoms with Crippen LogP contribution in [0.1, 0.15) is 13.8 Å². The van der Waals surface area contributed by atoms with E-state index in [1.54, 1.807) is 0 Å². The van der Waals surface area contributed by atoms with Crippen molar-refractivity contribution in [2.45, 2.75) is 26.0 Å². The number of rotatable bonds is 3. The Morgan fingerprint density at radius 2 is 2.32 bits per heavy atom. The molecule has 2 atom stereocenters. The third-order valence-corrected chi connectivity index (χ3v) is 3.00. The predicted octanol–water partition coefficient (Wildman–Crippen LogP) is 0.284. The van der Waals surface area contributed by atoms with Crippen LogP contribution in [0.3, 0.4) is 0 Å². The van der Waals surface area contributed by atoms with Gasteiger partial charge in [-0.1, -0.05) is 0 Å². The highest BCUT2D eigenvalue weighted by Crippen LogP contribution is 2.33. The highest BCUT2D eigenvalue weighted by Gasteiger charge is 2.32. The molecule has 0 bridgehead atoms. The second-order valence-electron chi connectivity index (χ2n) is 4.44. The number of aromatic nitrogens is 2. The van der Waals surface area contributed by atoms with Gasteiger partial charge < -0.3 is 15.1 Å². The van der Waals surface area contributed by atoms with E-state index in [4.69, 9.17) is 10.6 Å². The number of anilines is 2. The molecule has 1 aliphatic rings. The molecule has 0 spiro atoms. The van der Waals surface area contributed by atoms with Gasteiger partial charge in [0.1, 0.15) is 6.33 Å². The van der Waals surface area contributed by atoms with Crippen molar-refractivity contribution in [2.75, 3.05) is 23.5 Å². The van der Waals surface area contributed by atoms with E-state index < -0.39 is 4.92 Å². The molecule has 0 saturated carbocycles. The van der Waals surface area contributed by atoms with Gasteiger partial charge in [-0.25, -0.2) is 15.8 Å². The van der Waals surface area contributed by atoms with Crippen molar-refractivity contribution >= 4 is 17.3 Å². The normalized spacial score (nSPS) is 23.2. The van der Waals surface area contributed by atoms with Crippen LogP contribution in [0.4, 0.5) is 17.3 Å². The van der Waals surface area contributed by atoms with Crippen molar-refractivity contribution in [1.82, 2.24) is 9.97 Å². The third-order valence-electron chi connectivity index (χ3n) is 3.00. The Morgan fingerprint density at radius 1 is 1.58 bits per heavy atom. The maximum absolute atomic E-state index is 11.2. The van der Waals surface area contributed by atoms with Gasteiger partial charge >= 0.3 is 5.69 Å². The number of nitro groups is 1. The zero-order valence-corrected chi connectivity index (χ0v) is 10.7. The lowest BCUT2D eigenvalue weighted by Crippen LogP contribution is -2.48. The molecule has 0 radical (unpaired) electrons. The average molecular weight is 268 g/mol. The molecular weight excluding hydrogens is 252 g/mol. The summed E-state index contributed by atoms with van der Waals surface area (Å²) in [5, 5.41) is 11.2. The van der Waals surface area contributed by atoms with E-state index in [2.05, 4.69) is 15.4 Å². The molecule has 1 fully saturated rings. The van der Waals surface area contributed by atoms with E-state index in [9.17, 15) is 10.1 Å². The summed E-state index contributed by atoms with van der Waals surface area (Å²) < 4.78 is 5.50. The van der Waals surface area contributed by atoms with Gasteiger partial charge in [-0.2, -0.15) is 0 Å². The predicted molar refractivity (Wildman–Crippen MR) is 68.7 cm³/mol. The Labute approximate surface area is 109 Å². The van der Waals surface area contributed by atoms with Gasteiger partial charge in [0, 0.05) is 6.54 Å². The van der Waals surface area contributed by atoms with E-state index >= 15 is 0 Å². The Hall–Kier alpha value is -2.00. The fourth-order valence-electron chi connectivity index (χ4n) is 2.05. The standard InChI is InChI=1S/C10H16N6O3/c1-6-4-19-7(2)3-15(6)10-8(16(17)18)9(14-11)12-5-13-10/h5-7H,3-4,11H2,1-2H3,(H,12,13,14). The zero-order chi connectivity index (χ0) is 14.0. The summed E-state index contributed by atoms with van der Waals surface area (Å²) >= 11 is 0. The smallest absolute Gasteiger partial charge is 0.354 e. The first kappa shape index (κ1) is 13.4. The summed E-state index contributed by atoms with van der Waals surface area (Å²) in [6.45, 7) is 4.86. The van der Waals surface area contributed by atoms with Crippen LogP contribution in [0.2, 0.25) is 0 Å². The number of hydrazine groups is 1. The second kappa shape index (κ2) is 5.33. The van der Waals surface area contributed by atoms with Crippen LogP contribution in [-0.4, -0.2) is 40.2 Å². The van der Waals surface area contributed by atoms with Crippen molar-refractivity contribution in [3.05, 3.63) is 16.4 Å². The average Bonchev–Trinajstić information content (AvgIpc) is 2.40. The SMILES string of the molecule is CC1CN(c2ncnc(NN)c2[N+](=O)[O-])C(C)CO1. The summed E-state index contributed by atoms with van der Waals surface area (Å²) in [7, 11) is 0. The molecule has 9 heteroatoms. The highest BCUT2D eigenvalue weighted by molar-refractivity contribution is 5.70. The van der Waals surface area contributed by atoms with Crippen LogP contribution in [0.15, 0.2) is 6.33 Å². The maximum atomic E-state index is 11.2. The second-order valence-corrected chi connectivity index (χ2v) is 4.44. The molecule has 0 aromatic carbocycles. The van der Waals surface area contributed by atoms with Gasteiger partial charge in [0.05, 0.1) is 23.7 Å². The molecule has 1 aliphatic heterocycles. The van der Waals surface area contributed by atoms with Crippen molar-refractivity contribution in [3.8, 4) is 0 Å². The van der Waals surface area contributed by atoms with Gasteiger partial charge in [-0.15, -0.1) is 0 Å². The quantitative estimate of drug-likeness (QED) is 0.456. The lowest BCUT2D eigenvalue weighted by molar-refractivity contribution is -0.383. The number of morpholine rings is 1. The zero-order valence-electron chi connectivity index (χ0n) is 10.7. The summed E-state index contributed by atoms with van der Waals surface area (Å²) in [5.41, 5.74) is 2.02. The number of hydrogen-bond acceptors (Lipinski definition) is 8. The van der Waals surface area contributed by atoms with Crippen LogP contribution < -0.4 is 16.2 Å². The van der Waals surface area contributed by atoms with Crippen LogP contribution in [0.25, 0.3) is 0 Å². The van der Waals surface area contributed by atoms with Gasteiger partial charge in [0.25, 0.3) is 0 Å². The van der Waals surface area contributed by atoms with Gasteiger partial charge in [-0.05, 0) is 13.8 Å². The van der Waals surface area contributed by atoms with E-state index in [0.717, 1.165) is 0 Å². The molecule has 1 saturated heterocycles. The topological polar surface area (TPSA) is 119 Å². The van der Waals surface area contributed by atoms with Crippen LogP contribution in [0, 0.1) is 10.1 Å². The third kappa shape index (κ3) is 2.56. The first-order valence-corrected chi connectivity index (χ1v) is 5.88. The minimum Gasteiger partial charge on any atom is -0.375 e. The van der Waals surface area contributed by atoms with Gasteiger partial charge in [0.2, 0.25) is 11.6 Å². The van der Waals surface area contributed by atoms with E-state index in [1.807, 2.05) is 18.7 Å². The molecule has 104 valence electrons. The molecule has 1 aromatic rings. The summed E-state index contributed by atoms with van der Waals surface area (Å²) in [5.74, 6) is 5.52. The first-order valence-electron chi connectivity index (χ1n) is 5.88. The van der Waals surface area contributed by atoms with Crippen LogP contribution in [0.5, 0.6) is 0 Å². The molecule has 1 aromatic heterocycles. The van der Waals surface area contributed by atoms with Gasteiger partial charge in [0.15, 0.2) is 0 Å². The van der Waals surface area contributed by atoms with Crippen molar-refractivity contribution < 1.29 is 9.66 Å². The number of nitrogen functional groups attached to an aromatic ring is 1. The van der Waals surface area contributed by atoms with E-state index in [0.29, 0.717) is 13.2 Å². The van der Waals surface area contributed by atoms with Crippen molar-refractivity contribution in [1.29, 1.82) is 0 Å². The van der Waals surface area contributed by atoms with Crippen molar-refractivity contribution in [2.24, 2.45) is 5.84 Å². The lowest BCUT2D eigenvalue weighted by Gasteiger charge is -2.37. The molecule has 19 heavy (non-hydrogen) atoms. The minimum absolute atomic E-state index is 0.00125. The molecule has 2 rings (SSSR count). The molecule has 9 nitrogen and oxygen atoms in total. The molecule has 2 heterocycles.